The standard InChI is InChI=1S/C24H29ClFN5O3/c1-11(2)34-21-16(12(3)23-29-13(4)20-22(27)28-7-8-31(20)23)10-17(25)19(26)18(21)24(33)30-14-5-6-15(32)9-14/h7-8,10-12,14-15,32H,5-6,9H2,1-4H3,(H2,27,28)(H,30,33)/t12-,14+,15-/m1/s1. The fraction of sp³-hybridized carbons (Fsp3) is 0.458. The van der Waals surface area contributed by atoms with Crippen molar-refractivity contribution < 1.29 is 19.0 Å². The van der Waals surface area contributed by atoms with Gasteiger partial charge in [0.1, 0.15) is 28.5 Å². The lowest BCUT2D eigenvalue weighted by Crippen LogP contribution is -2.34. The molecule has 3 aromatic rings. The molecule has 0 spiro atoms. The molecule has 1 fully saturated rings. The summed E-state index contributed by atoms with van der Waals surface area (Å²) in [6.07, 6.45) is 4.16. The van der Waals surface area contributed by atoms with E-state index >= 15 is 4.39 Å². The quantitative estimate of drug-likeness (QED) is 0.482. The van der Waals surface area contributed by atoms with Crippen LogP contribution in [0.2, 0.25) is 5.02 Å². The third-order valence-corrected chi connectivity index (χ3v) is 6.43. The Kier molecular flexibility index (Phi) is 6.69. The number of hydrogen-bond acceptors (Lipinski definition) is 6. The first-order valence-corrected chi connectivity index (χ1v) is 11.7. The lowest BCUT2D eigenvalue weighted by atomic mass is 9.95. The van der Waals surface area contributed by atoms with Crippen molar-refractivity contribution in [1.82, 2.24) is 19.7 Å². The minimum atomic E-state index is -0.845. The zero-order chi connectivity index (χ0) is 24.7. The van der Waals surface area contributed by atoms with E-state index in [2.05, 4.69) is 15.3 Å². The van der Waals surface area contributed by atoms with Crippen molar-refractivity contribution in [1.29, 1.82) is 0 Å². The highest BCUT2D eigenvalue weighted by Crippen LogP contribution is 2.40. The van der Waals surface area contributed by atoms with Gasteiger partial charge in [0.25, 0.3) is 5.91 Å². The number of rotatable bonds is 6. The summed E-state index contributed by atoms with van der Waals surface area (Å²) in [5.74, 6) is -0.794. The van der Waals surface area contributed by atoms with Gasteiger partial charge >= 0.3 is 0 Å². The van der Waals surface area contributed by atoms with E-state index in [4.69, 9.17) is 22.1 Å². The van der Waals surface area contributed by atoms with Crippen molar-refractivity contribution >= 4 is 28.8 Å². The maximum absolute atomic E-state index is 15.3. The van der Waals surface area contributed by atoms with Crippen LogP contribution >= 0.6 is 11.6 Å². The fourth-order valence-corrected chi connectivity index (χ4v) is 4.79. The molecule has 1 aliphatic rings. The Labute approximate surface area is 202 Å². The Hall–Kier alpha value is -2.91. The van der Waals surface area contributed by atoms with Gasteiger partial charge in [-0.3, -0.25) is 9.20 Å². The van der Waals surface area contributed by atoms with Crippen LogP contribution in [0.5, 0.6) is 5.75 Å². The van der Waals surface area contributed by atoms with Gasteiger partial charge in [0, 0.05) is 29.9 Å². The Morgan fingerprint density at radius 3 is 2.76 bits per heavy atom. The normalized spacial score (nSPS) is 19.1. The molecule has 0 unspecified atom stereocenters. The number of nitrogens with zero attached hydrogens (tertiary/aromatic N) is 3. The molecule has 1 aromatic carbocycles. The zero-order valence-electron chi connectivity index (χ0n) is 19.6. The second-order valence-electron chi connectivity index (χ2n) is 9.08. The number of ether oxygens (including phenoxy) is 1. The van der Waals surface area contributed by atoms with Gasteiger partial charge in [0.05, 0.1) is 22.9 Å². The molecule has 34 heavy (non-hydrogen) atoms. The van der Waals surface area contributed by atoms with Crippen LogP contribution in [-0.2, 0) is 0 Å². The van der Waals surface area contributed by atoms with E-state index in [0.717, 1.165) is 0 Å². The van der Waals surface area contributed by atoms with Gasteiger partial charge < -0.3 is 20.9 Å². The van der Waals surface area contributed by atoms with E-state index in [1.54, 1.807) is 26.2 Å². The molecule has 4 N–H and O–H groups in total. The van der Waals surface area contributed by atoms with Gasteiger partial charge in [-0.2, -0.15) is 0 Å². The number of carbonyl (C=O) groups is 1. The van der Waals surface area contributed by atoms with E-state index in [1.165, 1.54) is 6.07 Å². The maximum Gasteiger partial charge on any atom is 0.258 e. The number of nitrogens with two attached hydrogens (primary N) is 1. The first-order valence-electron chi connectivity index (χ1n) is 11.3. The van der Waals surface area contributed by atoms with E-state index in [-0.39, 0.29) is 28.5 Å². The summed E-state index contributed by atoms with van der Waals surface area (Å²) in [5, 5.41) is 12.5. The van der Waals surface area contributed by atoms with E-state index in [9.17, 15) is 9.90 Å². The molecule has 182 valence electrons. The number of imidazole rings is 1. The van der Waals surface area contributed by atoms with Gasteiger partial charge in [-0.1, -0.05) is 18.5 Å². The lowest BCUT2D eigenvalue weighted by molar-refractivity contribution is 0.0923. The van der Waals surface area contributed by atoms with Crippen LogP contribution in [0.1, 0.15) is 73.4 Å². The Morgan fingerprint density at radius 2 is 2.12 bits per heavy atom. The summed E-state index contributed by atoms with van der Waals surface area (Å²) in [6, 6.07) is 1.24. The monoisotopic (exact) mass is 489 g/mol. The highest BCUT2D eigenvalue weighted by atomic mass is 35.5. The molecule has 8 nitrogen and oxygen atoms in total. The molecule has 1 saturated carbocycles. The Morgan fingerprint density at radius 1 is 1.38 bits per heavy atom. The molecule has 2 heterocycles. The topological polar surface area (TPSA) is 115 Å². The third-order valence-electron chi connectivity index (χ3n) is 6.16. The van der Waals surface area contributed by atoms with Gasteiger partial charge in [-0.15, -0.1) is 0 Å². The predicted octanol–water partition coefficient (Wildman–Crippen LogP) is 3.99. The first kappa shape index (κ1) is 24.2. The molecule has 0 aliphatic heterocycles. The van der Waals surface area contributed by atoms with Gasteiger partial charge in [0.15, 0.2) is 5.82 Å². The number of nitrogen functional groups attached to an aromatic ring is 1. The van der Waals surface area contributed by atoms with Crippen LogP contribution in [-0.4, -0.2) is 43.6 Å². The number of carbonyl (C=O) groups excluding carboxylic acids is 1. The van der Waals surface area contributed by atoms with Crippen LogP contribution in [0.25, 0.3) is 5.52 Å². The van der Waals surface area contributed by atoms with Crippen molar-refractivity contribution in [3.8, 4) is 5.75 Å². The molecular weight excluding hydrogens is 461 g/mol. The number of aliphatic hydroxyl groups is 1. The van der Waals surface area contributed by atoms with Gasteiger partial charge in [-0.05, 0) is 46.1 Å². The van der Waals surface area contributed by atoms with Crippen LogP contribution in [0.3, 0.4) is 0 Å². The lowest BCUT2D eigenvalue weighted by Gasteiger charge is -2.23. The van der Waals surface area contributed by atoms with Crippen molar-refractivity contribution in [2.75, 3.05) is 5.73 Å². The molecule has 1 amide bonds. The van der Waals surface area contributed by atoms with Crippen LogP contribution in [0, 0.1) is 12.7 Å². The smallest absolute Gasteiger partial charge is 0.258 e. The third kappa shape index (κ3) is 4.42. The maximum atomic E-state index is 15.3. The van der Waals surface area contributed by atoms with Crippen molar-refractivity contribution in [2.45, 2.75) is 71.1 Å². The highest BCUT2D eigenvalue weighted by Gasteiger charge is 2.32. The number of aromatic nitrogens is 3. The number of anilines is 1. The molecule has 3 atom stereocenters. The molecular formula is C24H29ClFN5O3. The first-order chi connectivity index (χ1) is 16.1. The van der Waals surface area contributed by atoms with E-state index in [0.29, 0.717) is 47.7 Å². The summed E-state index contributed by atoms with van der Waals surface area (Å²) >= 11 is 6.28. The van der Waals surface area contributed by atoms with E-state index < -0.39 is 23.7 Å². The largest absolute Gasteiger partial charge is 0.490 e. The van der Waals surface area contributed by atoms with Crippen LogP contribution in [0.15, 0.2) is 18.5 Å². The number of aryl methyl sites for hydroxylation is 1. The average Bonchev–Trinajstić information content (AvgIpc) is 3.33. The van der Waals surface area contributed by atoms with E-state index in [1.807, 2.05) is 18.2 Å². The highest BCUT2D eigenvalue weighted by molar-refractivity contribution is 6.31. The SMILES string of the molecule is Cc1nc([C@H](C)c2cc(Cl)c(F)c(C(=O)N[C@H]3CC[C@@H](O)C3)c2OC(C)C)n2ccnc(N)c12. The second-order valence-corrected chi connectivity index (χ2v) is 9.48. The zero-order valence-corrected chi connectivity index (χ0v) is 20.4. The Balaban J connectivity index is 1.84. The fourth-order valence-electron chi connectivity index (χ4n) is 4.58. The predicted molar refractivity (Wildman–Crippen MR) is 128 cm³/mol. The second kappa shape index (κ2) is 9.38. The summed E-state index contributed by atoms with van der Waals surface area (Å²) in [4.78, 5) is 22.1. The minimum Gasteiger partial charge on any atom is -0.490 e. The van der Waals surface area contributed by atoms with Crippen molar-refractivity contribution in [3.63, 3.8) is 0 Å². The number of aliphatic hydroxyl groups excluding tert-OH is 1. The number of benzene rings is 1. The number of hydrogen-bond donors (Lipinski definition) is 3. The summed E-state index contributed by atoms with van der Waals surface area (Å²) in [6.45, 7) is 7.33. The Bertz CT molecular complexity index is 1250. The van der Waals surface area contributed by atoms with Gasteiger partial charge in [0.2, 0.25) is 0 Å². The van der Waals surface area contributed by atoms with Crippen LogP contribution < -0.4 is 15.8 Å². The average molecular weight is 490 g/mol. The van der Waals surface area contributed by atoms with Crippen molar-refractivity contribution in [2.24, 2.45) is 0 Å². The number of fused-ring (bicyclic) bond motifs is 1. The number of halogens is 2. The molecule has 0 radical (unpaired) electrons. The van der Waals surface area contributed by atoms with Crippen LogP contribution in [0.4, 0.5) is 10.2 Å². The van der Waals surface area contributed by atoms with Crippen molar-refractivity contribution in [3.05, 3.63) is 51.9 Å². The molecule has 0 bridgehead atoms. The number of nitrogens with one attached hydrogen (secondary N) is 1. The minimum absolute atomic E-state index is 0.122. The molecule has 4 rings (SSSR count). The van der Waals surface area contributed by atoms with Gasteiger partial charge in [-0.25, -0.2) is 14.4 Å². The molecule has 10 heteroatoms. The summed E-state index contributed by atoms with van der Waals surface area (Å²) in [7, 11) is 0. The number of amides is 1. The molecule has 1 aliphatic carbocycles. The molecule has 2 aromatic heterocycles. The molecule has 0 saturated heterocycles. The summed E-state index contributed by atoms with van der Waals surface area (Å²) in [5.41, 5.74) is 7.72. The summed E-state index contributed by atoms with van der Waals surface area (Å²) < 4.78 is 23.2.